The van der Waals surface area contributed by atoms with Crippen LogP contribution in [0.15, 0.2) is 18.2 Å². The topological polar surface area (TPSA) is 53.1 Å². The minimum Gasteiger partial charge on any atom is -0.483 e. The van der Waals surface area contributed by atoms with Crippen molar-refractivity contribution >= 4 is 23.4 Å². The summed E-state index contributed by atoms with van der Waals surface area (Å²) in [6.45, 7) is 9.12. The molecule has 0 N–H and O–H groups in total. The molecule has 0 bridgehead atoms. The molecule has 1 saturated carbocycles. The number of aryl methyl sites for hydroxylation is 1. The van der Waals surface area contributed by atoms with Gasteiger partial charge in [0.1, 0.15) is 5.75 Å². The van der Waals surface area contributed by atoms with E-state index in [1.807, 2.05) is 22.8 Å². The summed E-state index contributed by atoms with van der Waals surface area (Å²) in [6, 6.07) is 6.16. The molecular weight excluding hydrogens is 426 g/mol. The van der Waals surface area contributed by atoms with Crippen molar-refractivity contribution in [3.05, 3.63) is 28.8 Å². The molecule has 0 radical (unpaired) electrons. The van der Waals surface area contributed by atoms with E-state index in [9.17, 15) is 9.59 Å². The number of amides is 2. The van der Waals surface area contributed by atoms with Crippen LogP contribution in [0, 0.1) is 6.92 Å². The number of rotatable bonds is 11. The predicted molar refractivity (Wildman–Crippen MR) is 128 cm³/mol. The highest BCUT2D eigenvalue weighted by atomic mass is 35.5. The fourth-order valence-electron chi connectivity index (χ4n) is 4.46. The van der Waals surface area contributed by atoms with Gasteiger partial charge in [-0.1, -0.05) is 24.9 Å². The van der Waals surface area contributed by atoms with Crippen LogP contribution >= 0.6 is 11.6 Å². The van der Waals surface area contributed by atoms with Crippen LogP contribution in [0.1, 0.15) is 57.4 Å². The van der Waals surface area contributed by atoms with E-state index in [4.69, 9.17) is 16.3 Å². The van der Waals surface area contributed by atoms with Crippen LogP contribution in [0.4, 0.5) is 0 Å². The van der Waals surface area contributed by atoms with Crippen molar-refractivity contribution < 1.29 is 14.3 Å². The minimum atomic E-state index is -0.0142. The van der Waals surface area contributed by atoms with Crippen molar-refractivity contribution in [2.75, 3.05) is 45.9 Å². The Bertz CT molecular complexity index is 761. The van der Waals surface area contributed by atoms with Crippen LogP contribution in [0.2, 0.25) is 5.02 Å². The van der Waals surface area contributed by atoms with Crippen molar-refractivity contribution in [1.82, 2.24) is 14.7 Å². The highest BCUT2D eigenvalue weighted by Crippen LogP contribution is 2.25. The smallest absolute Gasteiger partial charge is 0.260 e. The maximum absolute atomic E-state index is 12.7. The number of hydrogen-bond donors (Lipinski definition) is 0. The Morgan fingerprint density at radius 2 is 1.88 bits per heavy atom. The predicted octanol–water partition coefficient (Wildman–Crippen LogP) is 4.13. The van der Waals surface area contributed by atoms with Gasteiger partial charge in [0.25, 0.3) is 5.91 Å². The van der Waals surface area contributed by atoms with E-state index >= 15 is 0 Å². The molecule has 0 unspecified atom stereocenters. The van der Waals surface area contributed by atoms with Crippen molar-refractivity contribution in [3.8, 4) is 5.75 Å². The number of hydrogen-bond acceptors (Lipinski definition) is 4. The van der Waals surface area contributed by atoms with Crippen LogP contribution in [0.5, 0.6) is 5.75 Å². The molecule has 1 saturated heterocycles. The molecule has 32 heavy (non-hydrogen) atoms. The summed E-state index contributed by atoms with van der Waals surface area (Å²) in [6.07, 6.45) is 7.12. The number of nitrogens with zero attached hydrogens (tertiary/aromatic N) is 3. The SMILES string of the molecule is CCCN(CCCCC(=O)N1CCN(C2CCC2)CC1)C(=O)COc1ccc(Cl)cc1C. The summed E-state index contributed by atoms with van der Waals surface area (Å²) >= 11 is 5.98. The van der Waals surface area contributed by atoms with E-state index in [0.29, 0.717) is 30.3 Å². The van der Waals surface area contributed by atoms with E-state index in [1.54, 1.807) is 12.1 Å². The number of carbonyl (C=O) groups is 2. The zero-order chi connectivity index (χ0) is 22.9. The Kier molecular flexibility index (Phi) is 9.67. The summed E-state index contributed by atoms with van der Waals surface area (Å²) in [5, 5.41) is 0.656. The van der Waals surface area contributed by atoms with Gasteiger partial charge in [-0.3, -0.25) is 14.5 Å². The monoisotopic (exact) mass is 463 g/mol. The molecule has 1 aliphatic heterocycles. The van der Waals surface area contributed by atoms with Gasteiger partial charge in [-0.15, -0.1) is 0 Å². The van der Waals surface area contributed by atoms with Gasteiger partial charge in [0, 0.05) is 56.8 Å². The molecule has 7 heteroatoms. The molecule has 1 aliphatic carbocycles. The second-order valence-electron chi connectivity index (χ2n) is 9.04. The van der Waals surface area contributed by atoms with Gasteiger partial charge in [-0.05, 0) is 62.8 Å². The van der Waals surface area contributed by atoms with Crippen LogP contribution in [-0.4, -0.2) is 78.4 Å². The number of carbonyl (C=O) groups excluding carboxylic acids is 2. The van der Waals surface area contributed by atoms with Gasteiger partial charge >= 0.3 is 0 Å². The maximum atomic E-state index is 12.7. The quantitative estimate of drug-likeness (QED) is 0.463. The van der Waals surface area contributed by atoms with Crippen LogP contribution < -0.4 is 4.74 Å². The molecule has 3 rings (SSSR count). The van der Waals surface area contributed by atoms with Crippen molar-refractivity contribution in [3.63, 3.8) is 0 Å². The number of ether oxygens (including phenoxy) is 1. The van der Waals surface area contributed by atoms with E-state index in [-0.39, 0.29) is 18.4 Å². The lowest BCUT2D eigenvalue weighted by Crippen LogP contribution is -2.53. The Balaban J connectivity index is 1.34. The normalized spacial score (nSPS) is 17.2. The zero-order valence-corrected chi connectivity index (χ0v) is 20.4. The number of piperazine rings is 1. The standard InChI is InChI=1S/C25H38ClN3O3/c1-3-12-28(25(31)19-32-23-11-10-21(26)18-20(23)2)13-5-4-9-24(30)29-16-14-27(15-17-29)22-7-6-8-22/h10-11,18,22H,3-9,12-17,19H2,1-2H3. The molecule has 178 valence electrons. The molecule has 6 nitrogen and oxygen atoms in total. The van der Waals surface area contributed by atoms with Gasteiger partial charge in [0.15, 0.2) is 6.61 Å². The molecule has 2 amide bonds. The molecule has 2 aliphatic rings. The average Bonchev–Trinajstić information content (AvgIpc) is 2.74. The van der Waals surface area contributed by atoms with E-state index in [1.165, 1.54) is 19.3 Å². The maximum Gasteiger partial charge on any atom is 0.260 e. The van der Waals surface area contributed by atoms with E-state index < -0.39 is 0 Å². The van der Waals surface area contributed by atoms with Crippen LogP contribution in [0.25, 0.3) is 0 Å². The van der Waals surface area contributed by atoms with Crippen LogP contribution in [0.3, 0.4) is 0 Å². The lowest BCUT2D eigenvalue weighted by atomic mass is 9.91. The van der Waals surface area contributed by atoms with Gasteiger partial charge in [0.05, 0.1) is 0 Å². The molecule has 0 spiro atoms. The molecule has 0 atom stereocenters. The Labute approximate surface area is 197 Å². The van der Waals surface area contributed by atoms with Crippen molar-refractivity contribution in [1.29, 1.82) is 0 Å². The highest BCUT2D eigenvalue weighted by Gasteiger charge is 2.29. The highest BCUT2D eigenvalue weighted by molar-refractivity contribution is 6.30. The first-order valence-corrected chi connectivity index (χ1v) is 12.5. The van der Waals surface area contributed by atoms with Crippen molar-refractivity contribution in [2.24, 2.45) is 0 Å². The lowest BCUT2D eigenvalue weighted by molar-refractivity contribution is -0.133. The first-order valence-electron chi connectivity index (χ1n) is 12.2. The third kappa shape index (κ3) is 7.11. The first-order chi connectivity index (χ1) is 15.5. The first kappa shape index (κ1) is 24.8. The minimum absolute atomic E-state index is 0.0142. The fraction of sp³-hybridized carbons (Fsp3) is 0.680. The zero-order valence-electron chi connectivity index (χ0n) is 19.7. The molecule has 1 aromatic rings. The van der Waals surface area contributed by atoms with E-state index in [2.05, 4.69) is 11.8 Å². The lowest BCUT2D eigenvalue weighted by Gasteiger charge is -2.43. The number of halogens is 1. The summed E-state index contributed by atoms with van der Waals surface area (Å²) in [4.78, 5) is 31.7. The van der Waals surface area contributed by atoms with Gasteiger partial charge < -0.3 is 14.5 Å². The number of unbranched alkanes of at least 4 members (excludes halogenated alkanes) is 1. The molecular formula is C25H38ClN3O3. The largest absolute Gasteiger partial charge is 0.483 e. The van der Waals surface area contributed by atoms with E-state index in [0.717, 1.165) is 57.0 Å². The summed E-state index contributed by atoms with van der Waals surface area (Å²) in [7, 11) is 0. The molecule has 2 fully saturated rings. The average molecular weight is 464 g/mol. The Hall–Kier alpha value is -1.79. The Morgan fingerprint density at radius 3 is 2.50 bits per heavy atom. The third-order valence-electron chi connectivity index (χ3n) is 6.66. The van der Waals surface area contributed by atoms with Gasteiger partial charge in [0.2, 0.25) is 5.91 Å². The van der Waals surface area contributed by atoms with Crippen LogP contribution in [-0.2, 0) is 9.59 Å². The fourth-order valence-corrected chi connectivity index (χ4v) is 4.69. The Morgan fingerprint density at radius 1 is 1.12 bits per heavy atom. The summed E-state index contributed by atoms with van der Waals surface area (Å²) in [5.41, 5.74) is 0.916. The number of benzene rings is 1. The van der Waals surface area contributed by atoms with Gasteiger partial charge in [-0.25, -0.2) is 0 Å². The molecule has 1 aromatic carbocycles. The third-order valence-corrected chi connectivity index (χ3v) is 6.90. The van der Waals surface area contributed by atoms with Gasteiger partial charge in [-0.2, -0.15) is 0 Å². The molecule has 1 heterocycles. The summed E-state index contributed by atoms with van der Waals surface area (Å²) < 4.78 is 5.73. The second kappa shape index (κ2) is 12.4. The van der Waals surface area contributed by atoms with Crippen molar-refractivity contribution in [2.45, 2.75) is 64.8 Å². The molecule has 0 aromatic heterocycles. The summed E-state index contributed by atoms with van der Waals surface area (Å²) in [5.74, 6) is 0.926. The second-order valence-corrected chi connectivity index (χ2v) is 9.47.